The number of hydrogen-bond donors (Lipinski definition) is 0. The van der Waals surface area contributed by atoms with Crippen LogP contribution in [-0.2, 0) is 17.8 Å². The summed E-state index contributed by atoms with van der Waals surface area (Å²) in [5.74, 6) is 0.0431. The van der Waals surface area contributed by atoms with Crippen molar-refractivity contribution >= 4 is 18.3 Å². The smallest absolute Gasteiger partial charge is 0.250 e. The molecule has 1 aliphatic rings. The molecular formula is C21H19ClN4O. The van der Waals surface area contributed by atoms with Crippen LogP contribution in [-0.4, -0.2) is 26.9 Å². The van der Waals surface area contributed by atoms with Crippen LogP contribution >= 0.6 is 12.4 Å². The largest absolute Gasteiger partial charge is 0.334 e. The van der Waals surface area contributed by atoms with Crippen molar-refractivity contribution in [3.05, 3.63) is 89.5 Å². The number of carbonyl (C=O) groups excluding carboxylic acids is 1. The van der Waals surface area contributed by atoms with Crippen LogP contribution in [0.2, 0.25) is 0 Å². The van der Waals surface area contributed by atoms with E-state index in [2.05, 4.69) is 23.2 Å². The molecule has 5 nitrogen and oxygen atoms in total. The minimum Gasteiger partial charge on any atom is -0.334 e. The van der Waals surface area contributed by atoms with E-state index in [4.69, 9.17) is 0 Å². The molecule has 1 aromatic heterocycles. The van der Waals surface area contributed by atoms with Gasteiger partial charge in [0, 0.05) is 12.7 Å². The molecule has 0 spiro atoms. The summed E-state index contributed by atoms with van der Waals surface area (Å²) in [4.78, 5) is 19.3. The van der Waals surface area contributed by atoms with E-state index in [1.165, 1.54) is 5.56 Å². The lowest BCUT2D eigenvalue weighted by molar-refractivity contribution is -0.136. The lowest BCUT2D eigenvalue weighted by Crippen LogP contribution is -2.43. The summed E-state index contributed by atoms with van der Waals surface area (Å²) in [6, 6.07) is 19.1. The highest BCUT2D eigenvalue weighted by Crippen LogP contribution is 2.29. The first-order valence-corrected chi connectivity index (χ1v) is 8.60. The van der Waals surface area contributed by atoms with Gasteiger partial charge in [-0.3, -0.25) is 4.79 Å². The number of nitrogens with zero attached hydrogens (tertiary/aromatic N) is 4. The molecular weight excluding hydrogens is 360 g/mol. The highest BCUT2D eigenvalue weighted by Gasteiger charge is 2.33. The van der Waals surface area contributed by atoms with Crippen LogP contribution < -0.4 is 0 Å². The van der Waals surface area contributed by atoms with Gasteiger partial charge in [-0.15, -0.1) is 12.4 Å². The van der Waals surface area contributed by atoms with Crippen molar-refractivity contribution in [1.82, 2.24) is 14.5 Å². The van der Waals surface area contributed by atoms with Gasteiger partial charge in [0.05, 0.1) is 30.2 Å². The van der Waals surface area contributed by atoms with Crippen molar-refractivity contribution in [3.63, 3.8) is 0 Å². The number of rotatable bonds is 4. The number of hydrogen-bond acceptors (Lipinski definition) is 3. The quantitative estimate of drug-likeness (QED) is 0.699. The number of carbonyl (C=O) groups is 1. The van der Waals surface area contributed by atoms with E-state index in [1.54, 1.807) is 18.5 Å². The van der Waals surface area contributed by atoms with Crippen LogP contribution in [0, 0.1) is 11.3 Å². The molecule has 0 saturated carbocycles. The van der Waals surface area contributed by atoms with E-state index in [0.29, 0.717) is 18.7 Å². The topological polar surface area (TPSA) is 61.9 Å². The number of amides is 1. The minimum absolute atomic E-state index is 0. The van der Waals surface area contributed by atoms with Gasteiger partial charge in [-0.05, 0) is 29.7 Å². The summed E-state index contributed by atoms with van der Waals surface area (Å²) in [6.07, 6.45) is 4.32. The molecule has 1 unspecified atom stereocenters. The summed E-state index contributed by atoms with van der Waals surface area (Å²) in [6.45, 7) is 1.21. The van der Waals surface area contributed by atoms with Gasteiger partial charge in [0.1, 0.15) is 6.04 Å². The van der Waals surface area contributed by atoms with Gasteiger partial charge in [0.25, 0.3) is 5.91 Å². The lowest BCUT2D eigenvalue weighted by Gasteiger charge is -2.34. The Morgan fingerprint density at radius 3 is 2.74 bits per heavy atom. The van der Waals surface area contributed by atoms with Crippen molar-refractivity contribution in [1.29, 1.82) is 5.26 Å². The Kier molecular flexibility index (Phi) is 5.58. The second-order valence-electron chi connectivity index (χ2n) is 6.43. The highest BCUT2D eigenvalue weighted by molar-refractivity contribution is 5.85. The standard InChI is InChI=1S/C21H18N4O.ClH/c22-12-17-7-4-8-18(11-17)20-21(26)24(14-19-13-23-15-25(19)20)10-9-16-5-2-1-3-6-16;/h1-8,11,13,15,20H,9-10,14H2;1H. The molecule has 0 saturated heterocycles. The molecule has 1 aliphatic heterocycles. The summed E-state index contributed by atoms with van der Waals surface area (Å²) < 4.78 is 1.91. The molecule has 0 bridgehead atoms. The Balaban J connectivity index is 0.00000210. The van der Waals surface area contributed by atoms with Crippen molar-refractivity contribution in [2.45, 2.75) is 19.0 Å². The molecule has 3 aromatic rings. The molecule has 27 heavy (non-hydrogen) atoms. The van der Waals surface area contributed by atoms with Gasteiger partial charge >= 0.3 is 0 Å². The normalized spacial score (nSPS) is 15.6. The molecule has 2 heterocycles. The Hall–Kier alpha value is -3.10. The van der Waals surface area contributed by atoms with Crippen molar-refractivity contribution in [2.24, 2.45) is 0 Å². The molecule has 0 N–H and O–H groups in total. The second kappa shape index (κ2) is 8.07. The van der Waals surface area contributed by atoms with Crippen molar-refractivity contribution in [2.75, 3.05) is 6.54 Å². The molecule has 0 aliphatic carbocycles. The Labute approximate surface area is 164 Å². The average molecular weight is 379 g/mol. The summed E-state index contributed by atoms with van der Waals surface area (Å²) in [5, 5.41) is 9.18. The number of imidazole rings is 1. The molecule has 6 heteroatoms. The third kappa shape index (κ3) is 3.71. The molecule has 136 valence electrons. The van der Waals surface area contributed by atoms with Gasteiger partial charge in [0.15, 0.2) is 0 Å². The van der Waals surface area contributed by atoms with Gasteiger partial charge in [-0.25, -0.2) is 4.98 Å². The van der Waals surface area contributed by atoms with Crippen LogP contribution in [0.4, 0.5) is 0 Å². The van der Waals surface area contributed by atoms with Crippen LogP contribution in [0.5, 0.6) is 0 Å². The molecule has 0 fully saturated rings. The zero-order valence-electron chi connectivity index (χ0n) is 14.7. The SMILES string of the molecule is Cl.N#Cc1cccc(C2C(=O)N(CCc3ccccc3)Cc3cncn32)c1. The Morgan fingerprint density at radius 1 is 1.15 bits per heavy atom. The van der Waals surface area contributed by atoms with E-state index >= 15 is 0 Å². The first kappa shape index (κ1) is 18.7. The monoisotopic (exact) mass is 378 g/mol. The average Bonchev–Trinajstić information content (AvgIpc) is 3.15. The van der Waals surface area contributed by atoms with Crippen molar-refractivity contribution in [3.8, 4) is 6.07 Å². The summed E-state index contributed by atoms with van der Waals surface area (Å²) in [5.41, 5.74) is 3.59. The zero-order valence-corrected chi connectivity index (χ0v) is 15.5. The number of benzene rings is 2. The maximum atomic E-state index is 13.2. The second-order valence-corrected chi connectivity index (χ2v) is 6.43. The van der Waals surface area contributed by atoms with Crippen molar-refractivity contribution < 1.29 is 4.79 Å². The molecule has 2 aromatic carbocycles. The molecule has 1 amide bonds. The fraction of sp³-hybridized carbons (Fsp3) is 0.190. The first-order valence-electron chi connectivity index (χ1n) is 8.60. The summed E-state index contributed by atoms with van der Waals surface area (Å²) in [7, 11) is 0. The number of nitriles is 1. The maximum absolute atomic E-state index is 13.2. The predicted molar refractivity (Wildman–Crippen MR) is 104 cm³/mol. The van der Waals surface area contributed by atoms with Crippen LogP contribution in [0.1, 0.15) is 28.4 Å². The number of fused-ring (bicyclic) bond motifs is 1. The third-order valence-electron chi connectivity index (χ3n) is 4.77. The molecule has 1 atom stereocenters. The van der Waals surface area contributed by atoms with Crippen LogP contribution in [0.3, 0.4) is 0 Å². The van der Waals surface area contributed by atoms with Gasteiger partial charge in [-0.2, -0.15) is 5.26 Å². The fourth-order valence-electron chi connectivity index (χ4n) is 3.43. The van der Waals surface area contributed by atoms with E-state index < -0.39 is 6.04 Å². The Bertz CT molecular complexity index is 977. The fourth-order valence-corrected chi connectivity index (χ4v) is 3.43. The third-order valence-corrected chi connectivity index (χ3v) is 4.77. The van der Waals surface area contributed by atoms with Gasteiger partial charge in [-0.1, -0.05) is 42.5 Å². The molecule has 0 radical (unpaired) electrons. The molecule has 4 rings (SSSR count). The Morgan fingerprint density at radius 2 is 1.96 bits per heavy atom. The first-order chi connectivity index (χ1) is 12.8. The number of halogens is 1. The van der Waals surface area contributed by atoms with Crippen LogP contribution in [0.15, 0.2) is 67.1 Å². The maximum Gasteiger partial charge on any atom is 0.250 e. The number of aromatic nitrogens is 2. The predicted octanol–water partition coefficient (Wildman–Crippen LogP) is 3.35. The van der Waals surface area contributed by atoms with E-state index in [0.717, 1.165) is 17.7 Å². The lowest BCUT2D eigenvalue weighted by atomic mass is 10.0. The summed E-state index contributed by atoms with van der Waals surface area (Å²) >= 11 is 0. The minimum atomic E-state index is -0.467. The zero-order chi connectivity index (χ0) is 17.9. The highest BCUT2D eigenvalue weighted by atomic mass is 35.5. The van der Waals surface area contributed by atoms with E-state index in [-0.39, 0.29) is 18.3 Å². The van der Waals surface area contributed by atoms with Gasteiger partial charge in [0.2, 0.25) is 0 Å². The van der Waals surface area contributed by atoms with Crippen LogP contribution in [0.25, 0.3) is 0 Å². The van der Waals surface area contributed by atoms with Gasteiger partial charge < -0.3 is 9.47 Å². The van der Waals surface area contributed by atoms with E-state index in [1.807, 2.05) is 46.0 Å². The van der Waals surface area contributed by atoms with E-state index in [9.17, 15) is 10.1 Å².